The molecule has 0 radical (unpaired) electrons. The van der Waals surface area contributed by atoms with E-state index in [1.807, 2.05) is 24.3 Å². The fourth-order valence-electron chi connectivity index (χ4n) is 1.64. The molecule has 1 atom stereocenters. The van der Waals surface area contributed by atoms with Gasteiger partial charge in [-0.2, -0.15) is 0 Å². The summed E-state index contributed by atoms with van der Waals surface area (Å²) in [6.45, 7) is 2.25. The SMILES string of the molecule is CC(CNc1ccc(Cl)c2cccnc12)C(N)=O. The summed E-state index contributed by atoms with van der Waals surface area (Å²) in [5, 5.41) is 4.72. The summed E-state index contributed by atoms with van der Waals surface area (Å²) in [6, 6.07) is 7.41. The molecule has 0 aliphatic rings. The molecule has 0 aliphatic heterocycles. The second-order valence-electron chi connectivity index (χ2n) is 4.18. The van der Waals surface area contributed by atoms with Crippen molar-refractivity contribution in [3.05, 3.63) is 35.5 Å². The number of hydrogen-bond donors (Lipinski definition) is 2. The van der Waals surface area contributed by atoms with Gasteiger partial charge in [0, 0.05) is 18.1 Å². The molecule has 0 bridgehead atoms. The molecule has 1 aromatic heterocycles. The van der Waals surface area contributed by atoms with Crippen LogP contribution >= 0.6 is 11.6 Å². The Bertz CT molecular complexity index is 585. The van der Waals surface area contributed by atoms with E-state index in [0.717, 1.165) is 16.6 Å². The zero-order valence-electron chi connectivity index (χ0n) is 9.98. The fourth-order valence-corrected chi connectivity index (χ4v) is 1.86. The number of nitrogens with zero attached hydrogens (tertiary/aromatic N) is 1. The van der Waals surface area contributed by atoms with Crippen molar-refractivity contribution in [1.29, 1.82) is 0 Å². The quantitative estimate of drug-likeness (QED) is 0.890. The second kappa shape index (κ2) is 5.23. The fraction of sp³-hybridized carbons (Fsp3) is 0.231. The van der Waals surface area contributed by atoms with Gasteiger partial charge < -0.3 is 11.1 Å². The van der Waals surface area contributed by atoms with E-state index in [1.54, 1.807) is 13.1 Å². The molecule has 1 heterocycles. The number of aromatic nitrogens is 1. The molecule has 0 saturated heterocycles. The van der Waals surface area contributed by atoms with Gasteiger partial charge in [0.1, 0.15) is 0 Å². The number of rotatable bonds is 4. The Morgan fingerprint density at radius 1 is 1.50 bits per heavy atom. The third-order valence-electron chi connectivity index (χ3n) is 2.80. The number of pyridine rings is 1. The molecular weight excluding hydrogens is 250 g/mol. The Morgan fingerprint density at radius 3 is 3.00 bits per heavy atom. The lowest BCUT2D eigenvalue weighted by Crippen LogP contribution is -2.26. The molecule has 1 unspecified atom stereocenters. The second-order valence-corrected chi connectivity index (χ2v) is 4.59. The predicted octanol–water partition coefficient (Wildman–Crippen LogP) is 2.42. The first-order valence-corrected chi connectivity index (χ1v) is 6.04. The van der Waals surface area contributed by atoms with Gasteiger partial charge in [-0.1, -0.05) is 18.5 Å². The number of hydrogen-bond acceptors (Lipinski definition) is 3. The minimum atomic E-state index is -0.325. The van der Waals surface area contributed by atoms with Crippen LogP contribution in [-0.4, -0.2) is 17.4 Å². The van der Waals surface area contributed by atoms with Gasteiger partial charge in [-0.15, -0.1) is 0 Å². The van der Waals surface area contributed by atoms with E-state index >= 15 is 0 Å². The number of nitrogens with two attached hydrogens (primary N) is 1. The number of anilines is 1. The van der Waals surface area contributed by atoms with Crippen molar-refractivity contribution in [2.75, 3.05) is 11.9 Å². The van der Waals surface area contributed by atoms with E-state index in [0.29, 0.717) is 11.6 Å². The third-order valence-corrected chi connectivity index (χ3v) is 3.13. The van der Waals surface area contributed by atoms with Crippen LogP contribution in [0.25, 0.3) is 10.9 Å². The minimum absolute atomic E-state index is 0.237. The predicted molar refractivity (Wildman–Crippen MR) is 73.6 cm³/mol. The van der Waals surface area contributed by atoms with Gasteiger partial charge in [0.15, 0.2) is 0 Å². The molecule has 0 fully saturated rings. The summed E-state index contributed by atoms with van der Waals surface area (Å²) in [6.07, 6.45) is 1.71. The van der Waals surface area contributed by atoms with E-state index in [1.165, 1.54) is 0 Å². The van der Waals surface area contributed by atoms with Gasteiger partial charge in [0.05, 0.1) is 22.1 Å². The summed E-state index contributed by atoms with van der Waals surface area (Å²) in [4.78, 5) is 15.3. The summed E-state index contributed by atoms with van der Waals surface area (Å²) in [7, 11) is 0. The van der Waals surface area contributed by atoms with Gasteiger partial charge in [-0.3, -0.25) is 9.78 Å². The largest absolute Gasteiger partial charge is 0.382 e. The van der Waals surface area contributed by atoms with Gasteiger partial charge >= 0.3 is 0 Å². The van der Waals surface area contributed by atoms with Crippen molar-refractivity contribution in [1.82, 2.24) is 4.98 Å². The van der Waals surface area contributed by atoms with Crippen molar-refractivity contribution in [2.45, 2.75) is 6.92 Å². The van der Waals surface area contributed by atoms with Crippen LogP contribution in [0.1, 0.15) is 6.92 Å². The van der Waals surface area contributed by atoms with Crippen molar-refractivity contribution in [3.63, 3.8) is 0 Å². The van der Waals surface area contributed by atoms with Crippen LogP contribution in [0.3, 0.4) is 0 Å². The van der Waals surface area contributed by atoms with E-state index in [9.17, 15) is 4.79 Å². The van der Waals surface area contributed by atoms with E-state index in [4.69, 9.17) is 17.3 Å². The van der Waals surface area contributed by atoms with Crippen molar-refractivity contribution in [3.8, 4) is 0 Å². The lowest BCUT2D eigenvalue weighted by molar-refractivity contribution is -0.120. The Hall–Kier alpha value is -1.81. The number of carbonyl (C=O) groups excluding carboxylic acids is 1. The molecule has 5 heteroatoms. The number of carbonyl (C=O) groups is 1. The lowest BCUT2D eigenvalue weighted by Gasteiger charge is -2.12. The zero-order chi connectivity index (χ0) is 13.1. The Morgan fingerprint density at radius 2 is 2.28 bits per heavy atom. The minimum Gasteiger partial charge on any atom is -0.382 e. The van der Waals surface area contributed by atoms with Gasteiger partial charge in [-0.25, -0.2) is 0 Å². The third kappa shape index (κ3) is 2.54. The van der Waals surface area contributed by atoms with Gasteiger partial charge in [-0.05, 0) is 24.3 Å². The van der Waals surface area contributed by atoms with Crippen LogP contribution in [-0.2, 0) is 4.79 Å². The smallest absolute Gasteiger partial charge is 0.222 e. The maximum atomic E-state index is 11.0. The molecule has 1 amide bonds. The molecule has 0 aliphatic carbocycles. The molecule has 4 nitrogen and oxygen atoms in total. The highest BCUT2D eigenvalue weighted by molar-refractivity contribution is 6.35. The summed E-state index contributed by atoms with van der Waals surface area (Å²) in [5.74, 6) is -0.562. The molecule has 3 N–H and O–H groups in total. The Kier molecular flexibility index (Phi) is 3.67. The van der Waals surface area contributed by atoms with E-state index in [-0.39, 0.29) is 11.8 Å². The first-order valence-electron chi connectivity index (χ1n) is 5.66. The normalized spacial score (nSPS) is 12.3. The zero-order valence-corrected chi connectivity index (χ0v) is 10.7. The molecule has 1 aromatic carbocycles. The van der Waals surface area contributed by atoms with Crippen molar-refractivity contribution in [2.24, 2.45) is 11.7 Å². The first-order chi connectivity index (χ1) is 8.59. The highest BCUT2D eigenvalue weighted by Gasteiger charge is 2.10. The van der Waals surface area contributed by atoms with Crippen LogP contribution < -0.4 is 11.1 Å². The summed E-state index contributed by atoms with van der Waals surface area (Å²) >= 11 is 6.10. The topological polar surface area (TPSA) is 68.0 Å². The average Bonchev–Trinajstić information content (AvgIpc) is 2.38. The monoisotopic (exact) mass is 263 g/mol. The molecule has 2 rings (SSSR count). The van der Waals surface area contributed by atoms with Crippen LogP contribution in [0.4, 0.5) is 5.69 Å². The van der Waals surface area contributed by atoms with E-state index in [2.05, 4.69) is 10.3 Å². The molecule has 18 heavy (non-hydrogen) atoms. The molecule has 94 valence electrons. The van der Waals surface area contributed by atoms with Crippen molar-refractivity contribution >= 4 is 34.1 Å². The number of benzene rings is 1. The number of fused-ring (bicyclic) bond motifs is 1. The number of primary amides is 1. The van der Waals surface area contributed by atoms with Gasteiger partial charge in [0.25, 0.3) is 0 Å². The highest BCUT2D eigenvalue weighted by Crippen LogP contribution is 2.27. The molecule has 0 saturated carbocycles. The number of nitrogens with one attached hydrogen (secondary N) is 1. The maximum absolute atomic E-state index is 11.0. The van der Waals surface area contributed by atoms with E-state index < -0.39 is 0 Å². The van der Waals surface area contributed by atoms with Crippen LogP contribution in [0.5, 0.6) is 0 Å². The summed E-state index contributed by atoms with van der Waals surface area (Å²) in [5.41, 5.74) is 6.86. The molecule has 2 aromatic rings. The number of amides is 1. The van der Waals surface area contributed by atoms with Gasteiger partial charge in [0.2, 0.25) is 5.91 Å². The molecule has 0 spiro atoms. The first kappa shape index (κ1) is 12.6. The van der Waals surface area contributed by atoms with Crippen LogP contribution in [0.2, 0.25) is 5.02 Å². The summed E-state index contributed by atoms with van der Waals surface area (Å²) < 4.78 is 0. The van der Waals surface area contributed by atoms with Crippen LogP contribution in [0, 0.1) is 5.92 Å². The van der Waals surface area contributed by atoms with Crippen LogP contribution in [0.15, 0.2) is 30.5 Å². The molecular formula is C13H14ClN3O. The number of halogens is 1. The lowest BCUT2D eigenvalue weighted by atomic mass is 10.1. The Balaban J connectivity index is 2.29. The highest BCUT2D eigenvalue weighted by atomic mass is 35.5. The average molecular weight is 264 g/mol. The maximum Gasteiger partial charge on any atom is 0.222 e. The standard InChI is InChI=1S/C13H14ClN3O/c1-8(13(15)18)7-17-11-5-4-10(14)9-3-2-6-16-12(9)11/h2-6,8,17H,7H2,1H3,(H2,15,18). The Labute approximate surface area is 110 Å². The van der Waals surface area contributed by atoms with Crippen molar-refractivity contribution < 1.29 is 4.79 Å².